The summed E-state index contributed by atoms with van der Waals surface area (Å²) in [5, 5.41) is 3.07. The Labute approximate surface area is 157 Å². The molecule has 0 aliphatic carbocycles. The van der Waals surface area contributed by atoms with E-state index in [9.17, 15) is 13.2 Å². The maximum absolute atomic E-state index is 12.7. The average molecular weight is 399 g/mol. The third kappa shape index (κ3) is 4.46. The molecule has 0 fully saturated rings. The van der Waals surface area contributed by atoms with E-state index in [0.29, 0.717) is 16.5 Å². The molecule has 0 bridgehead atoms. The summed E-state index contributed by atoms with van der Waals surface area (Å²) in [6.07, 6.45) is 0. The van der Waals surface area contributed by atoms with Gasteiger partial charge in [-0.2, -0.15) is 0 Å². The molecule has 0 spiro atoms. The van der Waals surface area contributed by atoms with E-state index in [1.807, 2.05) is 0 Å². The second-order valence-corrected chi connectivity index (χ2v) is 7.37. The molecule has 0 unspecified atom stereocenters. The van der Waals surface area contributed by atoms with Crippen molar-refractivity contribution in [1.29, 1.82) is 0 Å². The molecule has 2 rings (SSSR count). The van der Waals surface area contributed by atoms with Crippen LogP contribution in [-0.4, -0.2) is 35.1 Å². The predicted octanol–water partition coefficient (Wildman–Crippen LogP) is 2.91. The molecular weight excluding hydrogens is 380 g/mol. The van der Waals surface area contributed by atoms with Crippen molar-refractivity contribution < 1.29 is 22.7 Å². The van der Waals surface area contributed by atoms with Crippen molar-refractivity contribution in [2.45, 2.75) is 11.8 Å². The summed E-state index contributed by atoms with van der Waals surface area (Å²) >= 11 is 5.96. The highest BCUT2D eigenvalue weighted by molar-refractivity contribution is 7.89. The predicted molar refractivity (Wildman–Crippen MR) is 99.8 cm³/mol. The third-order valence-electron chi connectivity index (χ3n) is 3.47. The Morgan fingerprint density at radius 1 is 1.08 bits per heavy atom. The SMILES string of the molecule is CCNS(=O)(=O)c1ccc(OC)c(C(=O)Nc2cc(Cl)ccc2OC)c1. The molecule has 0 saturated carbocycles. The fourth-order valence-electron chi connectivity index (χ4n) is 2.27. The van der Waals surface area contributed by atoms with Crippen molar-refractivity contribution in [2.75, 3.05) is 26.1 Å². The Balaban J connectivity index is 2.43. The van der Waals surface area contributed by atoms with Crippen LogP contribution >= 0.6 is 11.6 Å². The summed E-state index contributed by atoms with van der Waals surface area (Å²) in [5.41, 5.74) is 0.417. The largest absolute Gasteiger partial charge is 0.496 e. The normalized spacial score (nSPS) is 11.1. The number of nitrogens with one attached hydrogen (secondary N) is 2. The number of amides is 1. The van der Waals surface area contributed by atoms with Gasteiger partial charge in [0.05, 0.1) is 30.4 Å². The fraction of sp³-hybridized carbons (Fsp3) is 0.235. The molecule has 2 N–H and O–H groups in total. The Kier molecular flexibility index (Phi) is 6.47. The van der Waals surface area contributed by atoms with Crippen molar-refractivity contribution in [1.82, 2.24) is 4.72 Å². The Morgan fingerprint density at radius 2 is 1.73 bits per heavy atom. The van der Waals surface area contributed by atoms with Crippen molar-refractivity contribution in [3.05, 3.63) is 47.0 Å². The van der Waals surface area contributed by atoms with Crippen molar-refractivity contribution in [2.24, 2.45) is 0 Å². The number of methoxy groups -OCH3 is 2. The Bertz CT molecular complexity index is 915. The van der Waals surface area contributed by atoms with Gasteiger partial charge in [0.1, 0.15) is 11.5 Å². The Hall–Kier alpha value is -2.29. The Morgan fingerprint density at radius 3 is 2.35 bits per heavy atom. The van der Waals surface area contributed by atoms with Crippen LogP contribution in [0, 0.1) is 0 Å². The molecule has 0 aliphatic rings. The summed E-state index contributed by atoms with van der Waals surface area (Å²) in [6.45, 7) is 1.90. The number of carbonyl (C=O) groups excluding carboxylic acids is 1. The lowest BCUT2D eigenvalue weighted by atomic mass is 10.1. The zero-order chi connectivity index (χ0) is 19.3. The second-order valence-electron chi connectivity index (χ2n) is 5.16. The first-order valence-electron chi connectivity index (χ1n) is 7.65. The smallest absolute Gasteiger partial charge is 0.259 e. The average Bonchev–Trinajstić information content (AvgIpc) is 2.61. The van der Waals surface area contributed by atoms with Gasteiger partial charge in [-0.1, -0.05) is 18.5 Å². The van der Waals surface area contributed by atoms with E-state index < -0.39 is 15.9 Å². The molecule has 9 heteroatoms. The van der Waals surface area contributed by atoms with Crippen LogP contribution in [0.25, 0.3) is 0 Å². The van der Waals surface area contributed by atoms with Crippen molar-refractivity contribution in [3.8, 4) is 11.5 Å². The lowest BCUT2D eigenvalue weighted by Gasteiger charge is -2.14. The molecule has 7 nitrogen and oxygen atoms in total. The first kappa shape index (κ1) is 20.0. The van der Waals surface area contributed by atoms with Gasteiger partial charge in [-0.3, -0.25) is 4.79 Å². The van der Waals surface area contributed by atoms with Crippen LogP contribution in [0.5, 0.6) is 11.5 Å². The minimum Gasteiger partial charge on any atom is -0.496 e. The number of sulfonamides is 1. The number of ether oxygens (including phenoxy) is 2. The van der Waals surface area contributed by atoms with Crippen molar-refractivity contribution >= 4 is 33.2 Å². The highest BCUT2D eigenvalue weighted by atomic mass is 35.5. The van der Waals surface area contributed by atoms with Gasteiger partial charge >= 0.3 is 0 Å². The molecule has 0 aliphatic heterocycles. The summed E-state index contributed by atoms with van der Waals surface area (Å²) in [5.74, 6) is 0.0908. The quantitative estimate of drug-likeness (QED) is 0.747. The molecule has 140 valence electrons. The molecule has 2 aromatic carbocycles. The fourth-order valence-corrected chi connectivity index (χ4v) is 3.51. The number of anilines is 1. The third-order valence-corrected chi connectivity index (χ3v) is 5.25. The number of hydrogen-bond donors (Lipinski definition) is 2. The van der Waals surface area contributed by atoms with Crippen molar-refractivity contribution in [3.63, 3.8) is 0 Å². The molecule has 1 amide bonds. The van der Waals surface area contributed by atoms with Crippen LogP contribution in [0.2, 0.25) is 5.02 Å². The topological polar surface area (TPSA) is 93.7 Å². The zero-order valence-electron chi connectivity index (χ0n) is 14.5. The van der Waals surface area contributed by atoms with E-state index in [1.165, 1.54) is 38.5 Å². The van der Waals surface area contributed by atoms with Crippen LogP contribution in [0.15, 0.2) is 41.3 Å². The monoisotopic (exact) mass is 398 g/mol. The van der Waals surface area contributed by atoms with E-state index >= 15 is 0 Å². The highest BCUT2D eigenvalue weighted by Crippen LogP contribution is 2.30. The first-order chi connectivity index (χ1) is 12.3. The molecular formula is C17H19ClN2O5S. The first-order valence-corrected chi connectivity index (χ1v) is 9.51. The van der Waals surface area contributed by atoms with E-state index in [2.05, 4.69) is 10.0 Å². The second kappa shape index (κ2) is 8.39. The molecule has 0 radical (unpaired) electrons. The minimum absolute atomic E-state index is 0.0386. The van der Waals surface area contributed by atoms with Gasteiger partial charge in [0.15, 0.2) is 0 Å². The zero-order valence-corrected chi connectivity index (χ0v) is 16.1. The molecule has 0 atom stereocenters. The van der Waals surface area contributed by atoms with Gasteiger partial charge in [0.25, 0.3) is 5.91 Å². The van der Waals surface area contributed by atoms with E-state index in [0.717, 1.165) is 0 Å². The van der Waals surface area contributed by atoms with Crippen LogP contribution < -0.4 is 19.5 Å². The molecule has 26 heavy (non-hydrogen) atoms. The van der Waals surface area contributed by atoms with Crippen LogP contribution in [0.1, 0.15) is 17.3 Å². The van der Waals surface area contributed by atoms with Crippen LogP contribution in [0.3, 0.4) is 0 Å². The van der Waals surface area contributed by atoms with Gasteiger partial charge in [-0.05, 0) is 36.4 Å². The van der Waals surface area contributed by atoms with Crippen LogP contribution in [0.4, 0.5) is 5.69 Å². The van der Waals surface area contributed by atoms with Gasteiger partial charge in [-0.15, -0.1) is 0 Å². The maximum atomic E-state index is 12.7. The van der Waals surface area contributed by atoms with Crippen LogP contribution in [-0.2, 0) is 10.0 Å². The van der Waals surface area contributed by atoms with Gasteiger partial charge in [0.2, 0.25) is 10.0 Å². The number of rotatable bonds is 7. The number of halogens is 1. The maximum Gasteiger partial charge on any atom is 0.259 e. The lowest BCUT2D eigenvalue weighted by Crippen LogP contribution is -2.24. The van der Waals surface area contributed by atoms with Gasteiger partial charge in [0, 0.05) is 11.6 Å². The number of hydrogen-bond acceptors (Lipinski definition) is 5. The van der Waals surface area contributed by atoms with E-state index in [4.69, 9.17) is 21.1 Å². The molecule has 0 aromatic heterocycles. The summed E-state index contributed by atoms with van der Waals surface area (Å²) in [6, 6.07) is 8.82. The van der Waals surface area contributed by atoms with E-state index in [1.54, 1.807) is 19.1 Å². The number of carbonyl (C=O) groups is 1. The van der Waals surface area contributed by atoms with Gasteiger partial charge in [-0.25, -0.2) is 13.1 Å². The highest BCUT2D eigenvalue weighted by Gasteiger charge is 2.20. The van der Waals surface area contributed by atoms with Gasteiger partial charge < -0.3 is 14.8 Å². The summed E-state index contributed by atoms with van der Waals surface area (Å²) in [7, 11) is -0.860. The summed E-state index contributed by atoms with van der Waals surface area (Å²) in [4.78, 5) is 12.7. The standard InChI is InChI=1S/C17H19ClN2O5S/c1-4-19-26(22,23)12-6-8-15(24-2)13(10-12)17(21)20-14-9-11(18)5-7-16(14)25-3/h5-10,19H,4H2,1-3H3,(H,20,21). The lowest BCUT2D eigenvalue weighted by molar-refractivity contribution is 0.102. The molecule has 2 aromatic rings. The molecule has 0 saturated heterocycles. The molecule has 0 heterocycles. The summed E-state index contributed by atoms with van der Waals surface area (Å²) < 4.78 is 37.1. The number of benzene rings is 2. The van der Waals surface area contributed by atoms with E-state index in [-0.39, 0.29) is 22.8 Å². The minimum atomic E-state index is -3.72.